The minimum Gasteiger partial charge on any atom is -0.229 e. The van der Waals surface area contributed by atoms with Crippen molar-refractivity contribution in [1.29, 1.82) is 0 Å². The summed E-state index contributed by atoms with van der Waals surface area (Å²) in [6.07, 6.45) is 6.18. The molecule has 4 rings (SSSR count). The van der Waals surface area contributed by atoms with Crippen molar-refractivity contribution < 1.29 is 8.42 Å². The molecule has 19 heavy (non-hydrogen) atoms. The second-order valence-electron chi connectivity index (χ2n) is 7.57. The van der Waals surface area contributed by atoms with Gasteiger partial charge in [0, 0.05) is 0 Å². The van der Waals surface area contributed by atoms with Gasteiger partial charge in [0.2, 0.25) is 0 Å². The number of hydrogen-bond donors (Lipinski definition) is 0. The Kier molecular flexibility index (Phi) is 2.66. The van der Waals surface area contributed by atoms with Crippen LogP contribution >= 0.6 is 0 Å². The molecule has 0 amide bonds. The van der Waals surface area contributed by atoms with Crippen molar-refractivity contribution >= 4 is 9.84 Å². The van der Waals surface area contributed by atoms with Gasteiger partial charge < -0.3 is 0 Å². The molecule has 3 heteroatoms. The van der Waals surface area contributed by atoms with E-state index in [1.807, 2.05) is 0 Å². The summed E-state index contributed by atoms with van der Waals surface area (Å²) >= 11 is 0. The van der Waals surface area contributed by atoms with Crippen LogP contribution < -0.4 is 0 Å². The van der Waals surface area contributed by atoms with E-state index in [0.29, 0.717) is 17.6 Å². The molecule has 1 saturated heterocycles. The average molecular weight is 282 g/mol. The van der Waals surface area contributed by atoms with Crippen molar-refractivity contribution in [2.75, 3.05) is 5.75 Å². The lowest BCUT2D eigenvalue weighted by Gasteiger charge is -2.37. The molecule has 1 aliphatic heterocycles. The highest BCUT2D eigenvalue weighted by Crippen LogP contribution is 2.68. The van der Waals surface area contributed by atoms with Gasteiger partial charge in [0.1, 0.15) is 0 Å². The molecule has 0 N–H and O–H groups in total. The van der Waals surface area contributed by atoms with Gasteiger partial charge in [0.15, 0.2) is 9.84 Å². The summed E-state index contributed by atoms with van der Waals surface area (Å²) in [6.45, 7) is 4.65. The maximum Gasteiger partial charge on any atom is 0.153 e. The molecule has 0 aromatic heterocycles. The zero-order valence-electron chi connectivity index (χ0n) is 12.1. The number of sulfone groups is 1. The Bertz CT molecular complexity index is 483. The zero-order chi connectivity index (χ0) is 13.4. The Balaban J connectivity index is 1.73. The molecule has 8 unspecified atom stereocenters. The van der Waals surface area contributed by atoms with E-state index in [0.717, 1.165) is 36.0 Å². The average Bonchev–Trinajstić information content (AvgIpc) is 3.07. The SMILES string of the molecule is CCC1CC(CC)C2C3CC(C4CCS(=O)(=O)C43)C12. The van der Waals surface area contributed by atoms with Crippen LogP contribution in [0, 0.1) is 41.4 Å². The van der Waals surface area contributed by atoms with Gasteiger partial charge >= 0.3 is 0 Å². The summed E-state index contributed by atoms with van der Waals surface area (Å²) < 4.78 is 24.7. The summed E-state index contributed by atoms with van der Waals surface area (Å²) in [7, 11) is -2.75. The lowest BCUT2D eigenvalue weighted by Crippen LogP contribution is -2.39. The third kappa shape index (κ3) is 1.46. The van der Waals surface area contributed by atoms with Crippen molar-refractivity contribution in [1.82, 2.24) is 0 Å². The Morgan fingerprint density at radius 2 is 1.53 bits per heavy atom. The maximum absolute atomic E-state index is 12.4. The monoisotopic (exact) mass is 282 g/mol. The molecule has 2 nitrogen and oxygen atoms in total. The van der Waals surface area contributed by atoms with Gasteiger partial charge in [-0.05, 0) is 60.7 Å². The van der Waals surface area contributed by atoms with Gasteiger partial charge in [-0.3, -0.25) is 0 Å². The smallest absolute Gasteiger partial charge is 0.153 e. The minimum atomic E-state index is -2.75. The number of rotatable bonds is 2. The quantitative estimate of drug-likeness (QED) is 0.780. The lowest BCUT2D eigenvalue weighted by atomic mass is 9.70. The molecule has 1 heterocycles. The van der Waals surface area contributed by atoms with Gasteiger partial charge in [-0.1, -0.05) is 26.7 Å². The van der Waals surface area contributed by atoms with Crippen molar-refractivity contribution in [3.8, 4) is 0 Å². The largest absolute Gasteiger partial charge is 0.229 e. The molecule has 0 aromatic rings. The first-order valence-electron chi connectivity index (χ1n) is 8.30. The van der Waals surface area contributed by atoms with Crippen LogP contribution in [0.1, 0.15) is 46.0 Å². The highest BCUT2D eigenvalue weighted by atomic mass is 32.2. The first-order valence-corrected chi connectivity index (χ1v) is 10.0. The Hall–Kier alpha value is -0.0500. The fourth-order valence-electron chi connectivity index (χ4n) is 6.83. The van der Waals surface area contributed by atoms with E-state index in [-0.39, 0.29) is 5.25 Å². The van der Waals surface area contributed by atoms with Crippen LogP contribution in [0.4, 0.5) is 0 Å². The van der Waals surface area contributed by atoms with E-state index in [2.05, 4.69) is 13.8 Å². The fourth-order valence-corrected chi connectivity index (χ4v) is 9.40. The van der Waals surface area contributed by atoms with Crippen molar-refractivity contribution in [2.45, 2.75) is 51.2 Å². The molecule has 0 spiro atoms. The second kappa shape index (κ2) is 3.99. The zero-order valence-corrected chi connectivity index (χ0v) is 12.9. The van der Waals surface area contributed by atoms with E-state index < -0.39 is 9.84 Å². The van der Waals surface area contributed by atoms with Crippen LogP contribution in [-0.4, -0.2) is 19.4 Å². The standard InChI is InChI=1S/C16H26O2S/c1-3-9-7-10(4-2)15-13-8-12(14(9)15)11-5-6-19(17,18)16(11)13/h9-16H,3-8H2,1-2H3. The molecule has 8 atom stereocenters. The molecular formula is C16H26O2S. The summed E-state index contributed by atoms with van der Waals surface area (Å²) in [5, 5.41) is 0.0726. The van der Waals surface area contributed by atoms with Gasteiger partial charge in [-0.2, -0.15) is 0 Å². The summed E-state index contributed by atoms with van der Waals surface area (Å²) in [5.74, 6) is 5.69. The van der Waals surface area contributed by atoms with Gasteiger partial charge in [-0.25, -0.2) is 8.42 Å². The van der Waals surface area contributed by atoms with Crippen LogP contribution in [0.2, 0.25) is 0 Å². The van der Waals surface area contributed by atoms with E-state index in [1.54, 1.807) is 0 Å². The number of fused-ring (bicyclic) bond motifs is 8. The van der Waals surface area contributed by atoms with Crippen LogP contribution in [0.3, 0.4) is 0 Å². The number of hydrogen-bond acceptors (Lipinski definition) is 2. The van der Waals surface area contributed by atoms with Gasteiger partial charge in [-0.15, -0.1) is 0 Å². The van der Waals surface area contributed by atoms with Crippen molar-refractivity contribution in [3.05, 3.63) is 0 Å². The molecule has 4 fully saturated rings. The normalized spacial score (nSPS) is 57.4. The predicted octanol–water partition coefficient (Wildman–Crippen LogP) is 3.13. The molecular weight excluding hydrogens is 256 g/mol. The van der Waals surface area contributed by atoms with E-state index in [1.165, 1.54) is 25.7 Å². The predicted molar refractivity (Wildman–Crippen MR) is 76.4 cm³/mol. The lowest BCUT2D eigenvalue weighted by molar-refractivity contribution is 0.141. The first-order chi connectivity index (χ1) is 9.08. The Labute approximate surface area is 117 Å². The van der Waals surface area contributed by atoms with Crippen LogP contribution in [0.25, 0.3) is 0 Å². The van der Waals surface area contributed by atoms with Crippen LogP contribution in [0.5, 0.6) is 0 Å². The maximum atomic E-state index is 12.4. The van der Waals surface area contributed by atoms with Crippen molar-refractivity contribution in [2.24, 2.45) is 41.4 Å². The molecule has 2 bridgehead atoms. The second-order valence-corrected chi connectivity index (χ2v) is 9.85. The van der Waals surface area contributed by atoms with Crippen LogP contribution in [0.15, 0.2) is 0 Å². The van der Waals surface area contributed by atoms with Gasteiger partial charge in [0.25, 0.3) is 0 Å². The topological polar surface area (TPSA) is 34.1 Å². The highest BCUT2D eigenvalue weighted by molar-refractivity contribution is 7.92. The van der Waals surface area contributed by atoms with Crippen LogP contribution in [-0.2, 0) is 9.84 Å². The third-order valence-corrected chi connectivity index (χ3v) is 9.60. The Morgan fingerprint density at radius 1 is 0.895 bits per heavy atom. The fraction of sp³-hybridized carbons (Fsp3) is 1.00. The van der Waals surface area contributed by atoms with E-state index in [9.17, 15) is 8.42 Å². The molecule has 0 aromatic carbocycles. The molecule has 4 aliphatic rings. The summed E-state index contributed by atoms with van der Waals surface area (Å²) in [4.78, 5) is 0. The molecule has 3 aliphatic carbocycles. The Morgan fingerprint density at radius 3 is 2.16 bits per heavy atom. The third-order valence-electron chi connectivity index (χ3n) is 7.26. The first kappa shape index (κ1) is 12.7. The van der Waals surface area contributed by atoms with E-state index >= 15 is 0 Å². The molecule has 3 saturated carbocycles. The summed E-state index contributed by atoms with van der Waals surface area (Å²) in [6, 6.07) is 0. The van der Waals surface area contributed by atoms with E-state index in [4.69, 9.17) is 0 Å². The molecule has 0 radical (unpaired) electrons. The van der Waals surface area contributed by atoms with Crippen molar-refractivity contribution in [3.63, 3.8) is 0 Å². The summed E-state index contributed by atoms with van der Waals surface area (Å²) in [5.41, 5.74) is 0. The highest BCUT2D eigenvalue weighted by Gasteiger charge is 2.67. The van der Waals surface area contributed by atoms with Gasteiger partial charge in [0.05, 0.1) is 11.0 Å². The molecule has 108 valence electrons. The minimum absolute atomic E-state index is 0.0726.